The molecule has 0 saturated carbocycles. The average Bonchev–Trinajstić information content (AvgIpc) is 3.38. The van der Waals surface area contributed by atoms with Crippen molar-refractivity contribution in [2.75, 3.05) is 40.4 Å². The molecule has 1 amide bonds. The Kier molecular flexibility index (Phi) is 6.54. The average molecular weight is 490 g/mol. The van der Waals surface area contributed by atoms with E-state index in [-0.39, 0.29) is 42.4 Å². The number of thiophene rings is 1. The second-order valence-corrected chi connectivity index (χ2v) is 10.2. The zero-order valence-corrected chi connectivity index (χ0v) is 19.7. The maximum absolute atomic E-state index is 13.2. The number of pyridine rings is 1. The van der Waals surface area contributed by atoms with Crippen LogP contribution in [-0.2, 0) is 10.0 Å². The summed E-state index contributed by atoms with van der Waals surface area (Å²) in [6.07, 6.45) is 0. The maximum atomic E-state index is 13.2. The summed E-state index contributed by atoms with van der Waals surface area (Å²) < 4.78 is 38.1. The van der Waals surface area contributed by atoms with Crippen molar-refractivity contribution in [1.29, 1.82) is 0 Å². The number of sulfonamides is 1. The third-order valence-electron chi connectivity index (χ3n) is 5.44. The van der Waals surface area contributed by atoms with Crippen molar-refractivity contribution in [3.8, 4) is 22.1 Å². The molecular formula is C22H23N3O6S2. The first-order valence-corrected chi connectivity index (χ1v) is 12.5. The highest BCUT2D eigenvalue weighted by Crippen LogP contribution is 2.31. The minimum Gasteiger partial charge on any atom is -0.497 e. The van der Waals surface area contributed by atoms with E-state index in [1.807, 2.05) is 17.5 Å². The summed E-state index contributed by atoms with van der Waals surface area (Å²) in [5.41, 5.74) is 0.206. The Bertz CT molecular complexity index is 1310. The lowest BCUT2D eigenvalue weighted by Gasteiger charge is -2.34. The number of methoxy groups -OCH3 is 2. The van der Waals surface area contributed by atoms with E-state index in [2.05, 4.69) is 4.98 Å². The molecule has 4 rings (SSSR count). The van der Waals surface area contributed by atoms with Crippen molar-refractivity contribution < 1.29 is 22.7 Å². The fraction of sp³-hybridized carbons (Fsp3) is 0.273. The Morgan fingerprint density at radius 2 is 1.79 bits per heavy atom. The molecule has 0 bridgehead atoms. The fourth-order valence-electron chi connectivity index (χ4n) is 3.64. The van der Waals surface area contributed by atoms with Crippen molar-refractivity contribution in [3.05, 3.63) is 63.8 Å². The van der Waals surface area contributed by atoms with Crippen LogP contribution < -0.4 is 15.0 Å². The molecule has 33 heavy (non-hydrogen) atoms. The van der Waals surface area contributed by atoms with Crippen LogP contribution in [0, 0.1) is 0 Å². The molecule has 1 N–H and O–H groups in total. The molecule has 1 aliphatic rings. The summed E-state index contributed by atoms with van der Waals surface area (Å²) >= 11 is 1.49. The van der Waals surface area contributed by atoms with Gasteiger partial charge in [-0.1, -0.05) is 6.07 Å². The second kappa shape index (κ2) is 9.38. The molecule has 1 fully saturated rings. The van der Waals surface area contributed by atoms with E-state index < -0.39 is 21.5 Å². The monoisotopic (exact) mass is 489 g/mol. The molecule has 174 valence electrons. The Labute approximate surface area is 195 Å². The first kappa shape index (κ1) is 23.0. The number of aromatic amines is 1. The number of hydrogen-bond donors (Lipinski definition) is 1. The number of H-pyrrole nitrogens is 1. The molecule has 2 aromatic heterocycles. The molecule has 0 unspecified atom stereocenters. The topological polar surface area (TPSA) is 109 Å². The van der Waals surface area contributed by atoms with Crippen LogP contribution in [-0.4, -0.2) is 68.9 Å². The third kappa shape index (κ3) is 4.52. The molecule has 1 aromatic carbocycles. The summed E-state index contributed by atoms with van der Waals surface area (Å²) in [6, 6.07) is 11.6. The number of carbonyl (C=O) groups is 1. The van der Waals surface area contributed by atoms with Crippen molar-refractivity contribution >= 4 is 27.3 Å². The zero-order valence-electron chi connectivity index (χ0n) is 18.1. The number of rotatable bonds is 6. The van der Waals surface area contributed by atoms with Crippen molar-refractivity contribution in [2.45, 2.75) is 4.90 Å². The Morgan fingerprint density at radius 3 is 2.39 bits per heavy atom. The molecule has 0 aliphatic carbocycles. The van der Waals surface area contributed by atoms with Crippen LogP contribution in [0.2, 0.25) is 0 Å². The molecule has 1 aliphatic heterocycles. The highest BCUT2D eigenvalue weighted by atomic mass is 32.2. The fourth-order valence-corrected chi connectivity index (χ4v) is 5.94. The van der Waals surface area contributed by atoms with E-state index >= 15 is 0 Å². The molecule has 0 atom stereocenters. The van der Waals surface area contributed by atoms with Crippen LogP contribution in [0.1, 0.15) is 10.4 Å². The number of hydrogen-bond acceptors (Lipinski definition) is 7. The normalized spacial score (nSPS) is 14.8. The van der Waals surface area contributed by atoms with Crippen molar-refractivity contribution in [1.82, 2.24) is 14.2 Å². The minimum atomic E-state index is -3.87. The third-order valence-corrected chi connectivity index (χ3v) is 8.26. The van der Waals surface area contributed by atoms with Crippen LogP contribution in [0.15, 0.2) is 57.5 Å². The number of aromatic nitrogens is 1. The van der Waals surface area contributed by atoms with Gasteiger partial charge in [0.1, 0.15) is 22.0 Å². The highest BCUT2D eigenvalue weighted by Gasteiger charge is 2.33. The second-order valence-electron chi connectivity index (χ2n) is 7.31. The van der Waals surface area contributed by atoms with Gasteiger partial charge < -0.3 is 19.4 Å². The van der Waals surface area contributed by atoms with Gasteiger partial charge in [0.15, 0.2) is 0 Å². The number of nitrogens with one attached hydrogen (secondary N) is 1. The van der Waals surface area contributed by atoms with E-state index in [0.717, 1.165) is 4.88 Å². The van der Waals surface area contributed by atoms with E-state index in [1.54, 1.807) is 12.1 Å². The quantitative estimate of drug-likeness (QED) is 0.569. The van der Waals surface area contributed by atoms with Gasteiger partial charge in [-0.2, -0.15) is 4.31 Å². The lowest BCUT2D eigenvalue weighted by molar-refractivity contribution is 0.0696. The van der Waals surface area contributed by atoms with Crippen LogP contribution in [0.25, 0.3) is 10.6 Å². The molecule has 0 radical (unpaired) electrons. The Hall–Kier alpha value is -3.15. The summed E-state index contributed by atoms with van der Waals surface area (Å²) in [5.74, 6) is 0.185. The first-order chi connectivity index (χ1) is 15.8. The Balaban J connectivity index is 1.49. The van der Waals surface area contributed by atoms with Crippen LogP contribution in [0.3, 0.4) is 0 Å². The van der Waals surface area contributed by atoms with Gasteiger partial charge in [-0.3, -0.25) is 9.59 Å². The summed E-state index contributed by atoms with van der Waals surface area (Å²) in [4.78, 5) is 30.6. The molecular weight excluding hydrogens is 466 g/mol. The SMILES string of the molecule is COc1ccc(OC)c(S(=O)(=O)N2CCN(C(=O)c3ccc(-c4cccs4)[nH]c3=O)CC2)c1. The summed E-state index contributed by atoms with van der Waals surface area (Å²) in [6.45, 7) is 0.520. The van der Waals surface area contributed by atoms with Crippen LogP contribution >= 0.6 is 11.3 Å². The molecule has 3 aromatic rings. The van der Waals surface area contributed by atoms with Gasteiger partial charge >= 0.3 is 0 Å². The number of nitrogens with zero attached hydrogens (tertiary/aromatic N) is 2. The van der Waals surface area contributed by atoms with Crippen molar-refractivity contribution in [3.63, 3.8) is 0 Å². The van der Waals surface area contributed by atoms with E-state index in [0.29, 0.717) is 11.4 Å². The van der Waals surface area contributed by atoms with Gasteiger partial charge in [-0.05, 0) is 35.7 Å². The predicted octanol–water partition coefficient (Wildman–Crippen LogP) is 2.27. The van der Waals surface area contributed by atoms with Crippen molar-refractivity contribution in [2.24, 2.45) is 0 Å². The highest BCUT2D eigenvalue weighted by molar-refractivity contribution is 7.89. The molecule has 9 nitrogen and oxygen atoms in total. The molecule has 11 heteroatoms. The van der Waals surface area contributed by atoms with Gasteiger partial charge in [0, 0.05) is 32.2 Å². The predicted molar refractivity (Wildman–Crippen MR) is 125 cm³/mol. The summed E-state index contributed by atoms with van der Waals surface area (Å²) in [7, 11) is -1.01. The first-order valence-electron chi connectivity index (χ1n) is 10.1. The van der Waals surface area contributed by atoms with Crippen LogP contribution in [0.4, 0.5) is 0 Å². The van der Waals surface area contributed by atoms with Gasteiger partial charge in [0.05, 0.1) is 24.8 Å². The van der Waals surface area contributed by atoms with Crippen LogP contribution in [0.5, 0.6) is 11.5 Å². The van der Waals surface area contributed by atoms with Gasteiger partial charge in [0.2, 0.25) is 10.0 Å². The minimum absolute atomic E-state index is 0.00439. The van der Waals surface area contributed by atoms with Gasteiger partial charge in [-0.15, -0.1) is 11.3 Å². The number of amides is 1. The lowest BCUT2D eigenvalue weighted by atomic mass is 10.2. The van der Waals surface area contributed by atoms with Gasteiger partial charge in [0.25, 0.3) is 11.5 Å². The van der Waals surface area contributed by atoms with E-state index in [1.165, 1.54) is 53.0 Å². The van der Waals surface area contributed by atoms with Gasteiger partial charge in [-0.25, -0.2) is 8.42 Å². The van der Waals surface area contributed by atoms with E-state index in [9.17, 15) is 18.0 Å². The zero-order chi connectivity index (χ0) is 23.6. The van der Waals surface area contributed by atoms with E-state index in [4.69, 9.17) is 9.47 Å². The number of carbonyl (C=O) groups excluding carboxylic acids is 1. The number of ether oxygens (including phenoxy) is 2. The molecule has 1 saturated heterocycles. The smallest absolute Gasteiger partial charge is 0.261 e. The largest absolute Gasteiger partial charge is 0.497 e. The Morgan fingerprint density at radius 1 is 1.03 bits per heavy atom. The standard InChI is InChI=1S/C22H23N3O6S2/c1-30-15-5-8-18(31-2)20(14-15)33(28,29)25-11-9-24(10-12-25)22(27)16-6-7-17(23-21(16)26)19-4-3-13-32-19/h3-8,13-14H,9-12H2,1-2H3,(H,23,26). The summed E-state index contributed by atoms with van der Waals surface area (Å²) in [5, 5.41) is 1.90. The number of benzene rings is 1. The number of piperazine rings is 1. The maximum Gasteiger partial charge on any atom is 0.261 e. The lowest BCUT2D eigenvalue weighted by Crippen LogP contribution is -2.51. The molecule has 0 spiro atoms. The molecule has 3 heterocycles.